The number of benzene rings is 3. The van der Waals surface area contributed by atoms with Gasteiger partial charge in [-0.15, -0.1) is 10.2 Å². The summed E-state index contributed by atoms with van der Waals surface area (Å²) >= 11 is 1.28. The van der Waals surface area contributed by atoms with Gasteiger partial charge in [0.1, 0.15) is 0 Å². The van der Waals surface area contributed by atoms with E-state index in [1.807, 2.05) is 77.4 Å². The molecule has 0 atom stereocenters. The summed E-state index contributed by atoms with van der Waals surface area (Å²) in [5.74, 6) is 1.68. The molecular weight excluding hydrogens is 450 g/mol. The number of nitrogens with zero attached hydrogens (tertiary/aromatic N) is 4. The molecule has 0 unspecified atom stereocenters. The lowest BCUT2D eigenvalue weighted by Crippen LogP contribution is -2.20. The van der Waals surface area contributed by atoms with E-state index in [4.69, 9.17) is 9.47 Å². The fraction of sp³-hybridized carbons (Fsp3) is 0.120. The summed E-state index contributed by atoms with van der Waals surface area (Å²) in [6, 6.07) is 25.1. The molecule has 0 bridgehead atoms. The number of aromatic nitrogens is 3. The van der Waals surface area contributed by atoms with Crippen molar-refractivity contribution < 1.29 is 14.3 Å². The van der Waals surface area contributed by atoms with E-state index < -0.39 is 0 Å². The molecule has 1 aromatic heterocycles. The van der Waals surface area contributed by atoms with E-state index in [0.29, 0.717) is 28.0 Å². The number of hydrazone groups is 1. The molecule has 0 fully saturated rings. The van der Waals surface area contributed by atoms with E-state index in [0.717, 1.165) is 11.3 Å². The molecule has 34 heavy (non-hydrogen) atoms. The van der Waals surface area contributed by atoms with Gasteiger partial charge in [0.2, 0.25) is 0 Å². The first kappa shape index (κ1) is 23.1. The molecule has 1 amide bonds. The molecule has 1 heterocycles. The number of nitrogens with one attached hydrogen (secondary N) is 1. The Hall–Kier alpha value is -4.11. The van der Waals surface area contributed by atoms with Crippen molar-refractivity contribution in [3.05, 3.63) is 84.4 Å². The number of carbonyl (C=O) groups is 1. The molecule has 0 saturated carbocycles. The van der Waals surface area contributed by atoms with Crippen LogP contribution < -0.4 is 14.9 Å². The van der Waals surface area contributed by atoms with Gasteiger partial charge in [-0.05, 0) is 24.3 Å². The van der Waals surface area contributed by atoms with E-state index >= 15 is 0 Å². The van der Waals surface area contributed by atoms with Crippen molar-refractivity contribution >= 4 is 23.9 Å². The molecule has 0 aliphatic heterocycles. The van der Waals surface area contributed by atoms with Crippen LogP contribution >= 0.6 is 11.8 Å². The van der Waals surface area contributed by atoms with Crippen LogP contribution in [0.1, 0.15) is 5.56 Å². The zero-order valence-electron chi connectivity index (χ0n) is 18.7. The minimum absolute atomic E-state index is 0.117. The highest BCUT2D eigenvalue weighted by molar-refractivity contribution is 7.99. The number of methoxy groups -OCH3 is 2. The molecule has 0 aliphatic carbocycles. The van der Waals surface area contributed by atoms with Crippen molar-refractivity contribution in [1.29, 1.82) is 0 Å². The Morgan fingerprint density at radius 3 is 2.41 bits per heavy atom. The fourth-order valence-corrected chi connectivity index (χ4v) is 4.04. The van der Waals surface area contributed by atoms with Crippen LogP contribution in [0.3, 0.4) is 0 Å². The standard InChI is InChI=1S/C25H23N5O3S/c1-32-21-15-9-12-19(23(21)33-2)16-26-27-22(31)17-34-25-29-28-24(18-10-5-3-6-11-18)30(25)20-13-7-4-8-14-20/h3-16H,17H2,1-2H3,(H,27,31). The molecule has 172 valence electrons. The average molecular weight is 474 g/mol. The number of amides is 1. The monoisotopic (exact) mass is 473 g/mol. The molecule has 0 radical (unpaired) electrons. The lowest BCUT2D eigenvalue weighted by molar-refractivity contribution is -0.118. The number of rotatable bonds is 9. The van der Waals surface area contributed by atoms with E-state index in [9.17, 15) is 4.79 Å². The molecule has 9 heteroatoms. The maximum absolute atomic E-state index is 12.4. The van der Waals surface area contributed by atoms with Crippen LogP contribution in [0.4, 0.5) is 0 Å². The maximum Gasteiger partial charge on any atom is 0.250 e. The Morgan fingerprint density at radius 2 is 1.71 bits per heavy atom. The van der Waals surface area contributed by atoms with Crippen LogP contribution in [0.2, 0.25) is 0 Å². The van der Waals surface area contributed by atoms with E-state index in [1.54, 1.807) is 20.3 Å². The Morgan fingerprint density at radius 1 is 0.971 bits per heavy atom. The smallest absolute Gasteiger partial charge is 0.250 e. The number of para-hydroxylation sites is 2. The largest absolute Gasteiger partial charge is 0.493 e. The predicted octanol–water partition coefficient (Wildman–Crippen LogP) is 4.19. The van der Waals surface area contributed by atoms with Crippen molar-refractivity contribution in [1.82, 2.24) is 20.2 Å². The lowest BCUT2D eigenvalue weighted by atomic mass is 10.2. The number of ether oxygens (including phenoxy) is 2. The third-order valence-electron chi connectivity index (χ3n) is 4.84. The second kappa shape index (κ2) is 11.2. The summed E-state index contributed by atoms with van der Waals surface area (Å²) in [6.45, 7) is 0. The van der Waals surface area contributed by atoms with Gasteiger partial charge in [-0.2, -0.15) is 5.10 Å². The molecule has 4 aromatic rings. The van der Waals surface area contributed by atoms with Crippen molar-refractivity contribution in [3.63, 3.8) is 0 Å². The Labute approximate surface area is 201 Å². The highest BCUT2D eigenvalue weighted by Gasteiger charge is 2.17. The van der Waals surface area contributed by atoms with Gasteiger partial charge in [-0.3, -0.25) is 9.36 Å². The van der Waals surface area contributed by atoms with Crippen LogP contribution in [-0.4, -0.2) is 46.9 Å². The van der Waals surface area contributed by atoms with Crippen molar-refractivity contribution in [2.45, 2.75) is 5.16 Å². The Kier molecular flexibility index (Phi) is 7.56. The minimum atomic E-state index is -0.271. The van der Waals surface area contributed by atoms with E-state index in [2.05, 4.69) is 20.7 Å². The van der Waals surface area contributed by atoms with E-state index in [1.165, 1.54) is 18.0 Å². The molecule has 3 aromatic carbocycles. The molecule has 0 spiro atoms. The van der Waals surface area contributed by atoms with Crippen molar-refractivity contribution in [2.24, 2.45) is 5.10 Å². The highest BCUT2D eigenvalue weighted by atomic mass is 32.2. The zero-order chi connectivity index (χ0) is 23.8. The molecule has 0 saturated heterocycles. The maximum atomic E-state index is 12.4. The van der Waals surface area contributed by atoms with E-state index in [-0.39, 0.29) is 11.7 Å². The summed E-state index contributed by atoms with van der Waals surface area (Å²) in [5, 5.41) is 13.4. The summed E-state index contributed by atoms with van der Waals surface area (Å²) in [5.41, 5.74) is 5.08. The number of thioether (sulfide) groups is 1. The first-order valence-corrected chi connectivity index (χ1v) is 11.4. The second-order valence-corrected chi connectivity index (χ2v) is 7.95. The Balaban J connectivity index is 1.47. The summed E-state index contributed by atoms with van der Waals surface area (Å²) < 4.78 is 12.6. The predicted molar refractivity (Wildman–Crippen MR) is 133 cm³/mol. The Bertz CT molecular complexity index is 1280. The van der Waals surface area contributed by atoms with Crippen molar-refractivity contribution in [3.8, 4) is 28.6 Å². The summed E-state index contributed by atoms with van der Waals surface area (Å²) in [4.78, 5) is 12.4. The number of hydrogen-bond acceptors (Lipinski definition) is 7. The average Bonchev–Trinajstić information content (AvgIpc) is 3.32. The normalized spacial score (nSPS) is 10.9. The lowest BCUT2D eigenvalue weighted by Gasteiger charge is -2.10. The van der Waals surface area contributed by atoms with Gasteiger partial charge in [-0.25, -0.2) is 5.43 Å². The second-order valence-electron chi connectivity index (χ2n) is 7.01. The van der Waals surface area contributed by atoms with Gasteiger partial charge >= 0.3 is 0 Å². The van der Waals surface area contributed by atoms with Gasteiger partial charge in [0.05, 0.1) is 26.2 Å². The van der Waals surface area contributed by atoms with Gasteiger partial charge in [0.15, 0.2) is 22.5 Å². The first-order chi connectivity index (χ1) is 16.7. The summed E-state index contributed by atoms with van der Waals surface area (Å²) in [7, 11) is 3.12. The highest BCUT2D eigenvalue weighted by Crippen LogP contribution is 2.30. The molecule has 8 nitrogen and oxygen atoms in total. The molecule has 4 rings (SSSR count). The van der Waals surface area contributed by atoms with Gasteiger partial charge < -0.3 is 9.47 Å². The summed E-state index contributed by atoms with van der Waals surface area (Å²) in [6.07, 6.45) is 1.52. The fourth-order valence-electron chi connectivity index (χ4n) is 3.30. The SMILES string of the molecule is COc1cccc(C=NNC(=O)CSc2nnc(-c3ccccc3)n2-c2ccccc2)c1OC. The minimum Gasteiger partial charge on any atom is -0.493 e. The van der Waals surface area contributed by atoms with Crippen LogP contribution in [0.5, 0.6) is 11.5 Å². The zero-order valence-corrected chi connectivity index (χ0v) is 19.5. The van der Waals surface area contributed by atoms with Crippen LogP contribution in [0.15, 0.2) is 89.1 Å². The topological polar surface area (TPSA) is 90.6 Å². The molecular formula is C25H23N5O3S. The van der Waals surface area contributed by atoms with Gasteiger partial charge in [0.25, 0.3) is 5.91 Å². The first-order valence-electron chi connectivity index (χ1n) is 10.4. The van der Waals surface area contributed by atoms with Crippen molar-refractivity contribution in [2.75, 3.05) is 20.0 Å². The van der Waals surface area contributed by atoms with Gasteiger partial charge in [-0.1, -0.05) is 66.4 Å². The number of hydrogen-bond donors (Lipinski definition) is 1. The quantitative estimate of drug-likeness (QED) is 0.223. The van der Waals surface area contributed by atoms with Gasteiger partial charge in [0, 0.05) is 16.8 Å². The van der Waals surface area contributed by atoms with Crippen LogP contribution in [0.25, 0.3) is 17.1 Å². The molecule has 1 N–H and O–H groups in total. The molecule has 0 aliphatic rings. The number of carbonyl (C=O) groups excluding carboxylic acids is 1. The van der Waals surface area contributed by atoms with Crippen LogP contribution in [0, 0.1) is 0 Å². The third kappa shape index (κ3) is 5.26. The third-order valence-corrected chi connectivity index (χ3v) is 5.77. The van der Waals surface area contributed by atoms with Crippen LogP contribution in [-0.2, 0) is 4.79 Å².